The highest BCUT2D eigenvalue weighted by Gasteiger charge is 2.35. The summed E-state index contributed by atoms with van der Waals surface area (Å²) < 4.78 is 7.56. The lowest BCUT2D eigenvalue weighted by atomic mass is 10.1. The molecular weight excluding hydrogens is 380 g/mol. The molecule has 2 aromatic rings. The summed E-state index contributed by atoms with van der Waals surface area (Å²) in [6.45, 7) is 1.56. The Morgan fingerprint density at radius 3 is 2.75 bits per heavy atom. The number of nitrogens with zero attached hydrogens (tertiary/aromatic N) is 1. The van der Waals surface area contributed by atoms with Crippen LogP contribution in [0.3, 0.4) is 0 Å². The zero-order chi connectivity index (χ0) is 17.4. The van der Waals surface area contributed by atoms with Crippen molar-refractivity contribution in [1.82, 2.24) is 9.55 Å². The van der Waals surface area contributed by atoms with Gasteiger partial charge in [0.25, 0.3) is 5.56 Å². The van der Waals surface area contributed by atoms with Gasteiger partial charge < -0.3 is 14.9 Å². The first-order chi connectivity index (χ1) is 11.4. The molecule has 0 saturated carbocycles. The molecular formula is C16H17BrN2O5. The van der Waals surface area contributed by atoms with Crippen molar-refractivity contribution < 1.29 is 14.9 Å². The van der Waals surface area contributed by atoms with E-state index in [1.165, 1.54) is 10.8 Å². The van der Waals surface area contributed by atoms with E-state index < -0.39 is 29.7 Å². The van der Waals surface area contributed by atoms with Crippen LogP contribution in [0.1, 0.15) is 18.2 Å². The number of halogens is 1. The molecule has 3 N–H and O–H groups in total. The standard InChI is InChI=1S/C16H17BrN2O5/c1-8-2-9(4-10(17)3-8)11-6-19(16(23)18-15(11)22)14-5-12(21)13(7-20)24-14/h2-4,6,12-14,20-21H,5,7H2,1H3,(H,18,22,23)/t12-,13+,14+/m0/s1. The molecule has 24 heavy (non-hydrogen) atoms. The van der Waals surface area contributed by atoms with Crippen LogP contribution in [0.5, 0.6) is 0 Å². The molecule has 0 unspecified atom stereocenters. The smallest absolute Gasteiger partial charge is 0.330 e. The molecule has 1 aromatic carbocycles. The number of hydrogen-bond acceptors (Lipinski definition) is 5. The number of nitrogens with one attached hydrogen (secondary N) is 1. The summed E-state index contributed by atoms with van der Waals surface area (Å²) in [6, 6.07) is 5.54. The van der Waals surface area contributed by atoms with Crippen LogP contribution in [0.15, 0.2) is 38.5 Å². The highest BCUT2D eigenvalue weighted by atomic mass is 79.9. The van der Waals surface area contributed by atoms with Gasteiger partial charge in [0.2, 0.25) is 0 Å². The molecule has 1 aromatic heterocycles. The van der Waals surface area contributed by atoms with E-state index in [0.29, 0.717) is 11.1 Å². The minimum atomic E-state index is -0.865. The second-order valence-electron chi connectivity index (χ2n) is 5.84. The summed E-state index contributed by atoms with van der Waals surface area (Å²) in [5, 5.41) is 19.0. The molecule has 0 spiro atoms. The van der Waals surface area contributed by atoms with Crippen LogP contribution in [-0.4, -0.2) is 38.6 Å². The van der Waals surface area contributed by atoms with E-state index in [-0.39, 0.29) is 13.0 Å². The third-order valence-electron chi connectivity index (χ3n) is 4.02. The maximum absolute atomic E-state index is 12.2. The molecule has 0 radical (unpaired) electrons. The number of H-pyrrole nitrogens is 1. The molecule has 1 fully saturated rings. The van der Waals surface area contributed by atoms with E-state index in [1.54, 1.807) is 6.07 Å². The van der Waals surface area contributed by atoms with Gasteiger partial charge in [-0.1, -0.05) is 22.0 Å². The van der Waals surface area contributed by atoms with Crippen molar-refractivity contribution in [2.45, 2.75) is 31.8 Å². The zero-order valence-electron chi connectivity index (χ0n) is 12.9. The van der Waals surface area contributed by atoms with Crippen LogP contribution in [0.2, 0.25) is 0 Å². The highest BCUT2D eigenvalue weighted by molar-refractivity contribution is 9.10. The first-order valence-electron chi connectivity index (χ1n) is 7.46. The molecule has 3 rings (SSSR count). The van der Waals surface area contributed by atoms with E-state index in [1.807, 2.05) is 19.1 Å². The lowest BCUT2D eigenvalue weighted by Crippen LogP contribution is -2.33. The van der Waals surface area contributed by atoms with Gasteiger partial charge in [-0.15, -0.1) is 0 Å². The second kappa shape index (κ2) is 6.64. The molecule has 2 heterocycles. The predicted octanol–water partition coefficient (Wildman–Crippen LogP) is 0.915. The van der Waals surface area contributed by atoms with Gasteiger partial charge in [0, 0.05) is 17.1 Å². The fraction of sp³-hybridized carbons (Fsp3) is 0.375. The Balaban J connectivity index is 2.07. The quantitative estimate of drug-likeness (QED) is 0.715. The van der Waals surface area contributed by atoms with Crippen molar-refractivity contribution in [3.8, 4) is 11.1 Å². The first kappa shape index (κ1) is 17.1. The maximum Gasteiger partial charge on any atom is 0.330 e. The van der Waals surface area contributed by atoms with Crippen molar-refractivity contribution >= 4 is 15.9 Å². The number of aliphatic hydroxyl groups excluding tert-OH is 2. The minimum Gasteiger partial charge on any atom is -0.394 e. The third-order valence-corrected chi connectivity index (χ3v) is 4.47. The number of aromatic nitrogens is 2. The minimum absolute atomic E-state index is 0.161. The van der Waals surface area contributed by atoms with E-state index in [4.69, 9.17) is 4.74 Å². The summed E-state index contributed by atoms with van der Waals surface area (Å²) >= 11 is 3.39. The van der Waals surface area contributed by atoms with Gasteiger partial charge in [-0.05, 0) is 30.2 Å². The Bertz CT molecular complexity index is 855. The number of hydrogen-bond donors (Lipinski definition) is 3. The van der Waals surface area contributed by atoms with E-state index in [2.05, 4.69) is 20.9 Å². The summed E-state index contributed by atoms with van der Waals surface area (Å²) in [4.78, 5) is 26.6. The van der Waals surface area contributed by atoms with Gasteiger partial charge in [-0.25, -0.2) is 4.79 Å². The van der Waals surface area contributed by atoms with Gasteiger partial charge in [0.15, 0.2) is 0 Å². The van der Waals surface area contributed by atoms with Crippen molar-refractivity contribution in [3.63, 3.8) is 0 Å². The summed E-state index contributed by atoms with van der Waals surface area (Å²) in [6.07, 6.45) is -0.762. The molecule has 0 bridgehead atoms. The molecule has 1 aliphatic rings. The molecule has 3 atom stereocenters. The largest absolute Gasteiger partial charge is 0.394 e. The van der Waals surface area contributed by atoms with Crippen LogP contribution in [0.4, 0.5) is 0 Å². The number of benzene rings is 1. The van der Waals surface area contributed by atoms with Gasteiger partial charge in [0.05, 0.1) is 18.3 Å². The summed E-state index contributed by atoms with van der Waals surface area (Å²) in [5.41, 5.74) is 0.834. The Morgan fingerprint density at radius 2 is 2.12 bits per heavy atom. The van der Waals surface area contributed by atoms with Gasteiger partial charge >= 0.3 is 5.69 Å². The molecule has 7 nitrogen and oxygen atoms in total. The fourth-order valence-electron chi connectivity index (χ4n) is 2.85. The lowest BCUT2D eigenvalue weighted by molar-refractivity contribution is -0.0458. The fourth-order valence-corrected chi connectivity index (χ4v) is 3.45. The molecule has 1 saturated heterocycles. The number of aromatic amines is 1. The Hall–Kier alpha value is -1.74. The molecule has 0 aliphatic carbocycles. The van der Waals surface area contributed by atoms with Crippen molar-refractivity contribution in [2.24, 2.45) is 0 Å². The zero-order valence-corrected chi connectivity index (χ0v) is 14.5. The first-order valence-corrected chi connectivity index (χ1v) is 8.25. The van der Waals surface area contributed by atoms with Crippen molar-refractivity contribution in [2.75, 3.05) is 6.61 Å². The Morgan fingerprint density at radius 1 is 1.38 bits per heavy atom. The SMILES string of the molecule is Cc1cc(Br)cc(-c2cn([C@H]3C[C@H](O)[C@@H](CO)O3)c(=O)[nH]c2=O)c1. The topological polar surface area (TPSA) is 105 Å². The van der Waals surface area contributed by atoms with Gasteiger partial charge in [-0.2, -0.15) is 0 Å². The van der Waals surface area contributed by atoms with E-state index >= 15 is 0 Å². The van der Waals surface area contributed by atoms with E-state index in [0.717, 1.165) is 10.0 Å². The van der Waals surface area contributed by atoms with Crippen LogP contribution in [-0.2, 0) is 4.74 Å². The van der Waals surface area contributed by atoms with Crippen LogP contribution in [0.25, 0.3) is 11.1 Å². The Kier molecular flexibility index (Phi) is 4.73. The monoisotopic (exact) mass is 396 g/mol. The van der Waals surface area contributed by atoms with Crippen molar-refractivity contribution in [1.29, 1.82) is 0 Å². The van der Waals surface area contributed by atoms with Crippen LogP contribution >= 0.6 is 15.9 Å². The van der Waals surface area contributed by atoms with E-state index in [9.17, 15) is 19.8 Å². The van der Waals surface area contributed by atoms with Crippen LogP contribution in [0, 0.1) is 6.92 Å². The molecule has 0 amide bonds. The molecule has 8 heteroatoms. The number of rotatable bonds is 3. The lowest BCUT2D eigenvalue weighted by Gasteiger charge is -2.15. The summed E-state index contributed by atoms with van der Waals surface area (Å²) in [5.74, 6) is 0. The highest BCUT2D eigenvalue weighted by Crippen LogP contribution is 2.28. The average Bonchev–Trinajstić information content (AvgIpc) is 2.87. The number of aliphatic hydroxyl groups is 2. The second-order valence-corrected chi connectivity index (χ2v) is 6.76. The third kappa shape index (κ3) is 3.23. The number of aryl methyl sites for hydroxylation is 1. The predicted molar refractivity (Wildman–Crippen MR) is 90.8 cm³/mol. The van der Waals surface area contributed by atoms with Crippen LogP contribution < -0.4 is 11.2 Å². The summed E-state index contributed by atoms with van der Waals surface area (Å²) in [7, 11) is 0. The number of ether oxygens (including phenoxy) is 1. The Labute approximate surface area is 145 Å². The van der Waals surface area contributed by atoms with Gasteiger partial charge in [0.1, 0.15) is 12.3 Å². The normalized spacial score (nSPS) is 23.6. The van der Waals surface area contributed by atoms with Crippen molar-refractivity contribution in [3.05, 3.63) is 55.3 Å². The molecule has 1 aliphatic heterocycles. The van der Waals surface area contributed by atoms with Gasteiger partial charge in [-0.3, -0.25) is 14.3 Å². The average molecular weight is 397 g/mol. The maximum atomic E-state index is 12.2. The molecule has 128 valence electrons.